The highest BCUT2D eigenvalue weighted by Crippen LogP contribution is 2.21. The Hall–Kier alpha value is -1.91. The van der Waals surface area contributed by atoms with Gasteiger partial charge in [-0.2, -0.15) is 0 Å². The second-order valence-electron chi connectivity index (χ2n) is 4.42. The van der Waals surface area contributed by atoms with Crippen molar-refractivity contribution < 1.29 is 14.7 Å². The van der Waals surface area contributed by atoms with Crippen LogP contribution in [0.4, 0.5) is 0 Å². The van der Waals surface area contributed by atoms with E-state index in [1.54, 1.807) is 17.0 Å². The van der Waals surface area contributed by atoms with Gasteiger partial charge in [0.2, 0.25) is 0 Å². The van der Waals surface area contributed by atoms with Gasteiger partial charge < -0.3 is 10.0 Å². The van der Waals surface area contributed by atoms with E-state index in [1.165, 1.54) is 6.07 Å². The summed E-state index contributed by atoms with van der Waals surface area (Å²) in [4.78, 5) is 28.8. The first-order valence-corrected chi connectivity index (χ1v) is 6.14. The largest absolute Gasteiger partial charge is 0.477 e. The number of hydrogen-bond donors (Lipinski definition) is 1. The lowest BCUT2D eigenvalue weighted by molar-refractivity contribution is 0.0689. The van der Waals surface area contributed by atoms with E-state index in [-0.39, 0.29) is 23.3 Å². The van der Waals surface area contributed by atoms with Gasteiger partial charge in [0, 0.05) is 12.6 Å². The topological polar surface area (TPSA) is 70.5 Å². The van der Waals surface area contributed by atoms with E-state index in [2.05, 4.69) is 11.9 Å². The second kappa shape index (κ2) is 5.16. The highest BCUT2D eigenvalue weighted by molar-refractivity contribution is 5.94. The lowest BCUT2D eigenvalue weighted by atomic mass is 10.1. The van der Waals surface area contributed by atoms with Crippen molar-refractivity contribution in [3.05, 3.63) is 29.6 Å². The van der Waals surface area contributed by atoms with Crippen LogP contribution in [-0.2, 0) is 0 Å². The molecule has 2 heterocycles. The zero-order valence-electron chi connectivity index (χ0n) is 10.3. The molecule has 0 bridgehead atoms. The maximum absolute atomic E-state index is 12.3. The third-order valence-electron chi connectivity index (χ3n) is 3.30. The molecule has 0 aliphatic carbocycles. The molecular formula is C13H16N2O3. The number of nitrogens with zero attached hydrogens (tertiary/aromatic N) is 2. The van der Waals surface area contributed by atoms with Crippen LogP contribution in [0, 0.1) is 0 Å². The molecule has 0 saturated carbocycles. The lowest BCUT2D eigenvalue weighted by Gasteiger charge is -2.23. The third kappa shape index (κ3) is 2.34. The molecule has 1 N–H and O–H groups in total. The Morgan fingerprint density at radius 1 is 1.44 bits per heavy atom. The minimum Gasteiger partial charge on any atom is -0.477 e. The van der Waals surface area contributed by atoms with Crippen molar-refractivity contribution >= 4 is 11.9 Å². The van der Waals surface area contributed by atoms with E-state index >= 15 is 0 Å². The summed E-state index contributed by atoms with van der Waals surface area (Å²) < 4.78 is 0. The van der Waals surface area contributed by atoms with Gasteiger partial charge in [-0.15, -0.1) is 0 Å². The van der Waals surface area contributed by atoms with Crippen molar-refractivity contribution in [1.29, 1.82) is 0 Å². The number of hydrogen-bond acceptors (Lipinski definition) is 3. The molecule has 1 amide bonds. The average molecular weight is 248 g/mol. The number of aromatic nitrogens is 1. The Balaban J connectivity index is 2.23. The Labute approximate surface area is 105 Å². The molecule has 1 aromatic rings. The molecule has 2 rings (SSSR count). The summed E-state index contributed by atoms with van der Waals surface area (Å²) >= 11 is 0. The Morgan fingerprint density at radius 2 is 2.17 bits per heavy atom. The molecule has 5 heteroatoms. The number of carboxylic acid groups (broad SMARTS) is 1. The fourth-order valence-electron chi connectivity index (χ4n) is 2.35. The smallest absolute Gasteiger partial charge is 0.354 e. The van der Waals surface area contributed by atoms with E-state index in [0.717, 1.165) is 25.8 Å². The van der Waals surface area contributed by atoms with E-state index in [1.807, 2.05) is 0 Å². The van der Waals surface area contributed by atoms with Gasteiger partial charge in [0.25, 0.3) is 5.91 Å². The van der Waals surface area contributed by atoms with Crippen molar-refractivity contribution in [3.8, 4) is 0 Å². The molecule has 1 aliphatic heterocycles. The van der Waals surface area contributed by atoms with Gasteiger partial charge in [0.05, 0.1) is 0 Å². The van der Waals surface area contributed by atoms with Crippen molar-refractivity contribution in [2.45, 2.75) is 32.2 Å². The van der Waals surface area contributed by atoms with Crippen LogP contribution in [0.25, 0.3) is 0 Å². The first-order chi connectivity index (χ1) is 8.63. The Morgan fingerprint density at radius 3 is 2.83 bits per heavy atom. The fraction of sp³-hybridized carbons (Fsp3) is 0.462. The normalized spacial score (nSPS) is 18.9. The highest BCUT2D eigenvalue weighted by atomic mass is 16.4. The van der Waals surface area contributed by atoms with E-state index in [4.69, 9.17) is 5.11 Å². The number of carbonyl (C=O) groups excluding carboxylic acids is 1. The standard InChI is InChI=1S/C13H16N2O3/c1-2-9-5-4-8-15(9)12(16)10-6-3-7-11(14-10)13(17)18/h3,6-7,9H,2,4-5,8H2,1H3,(H,17,18). The van der Waals surface area contributed by atoms with Gasteiger partial charge >= 0.3 is 5.97 Å². The number of carbonyl (C=O) groups is 2. The minimum atomic E-state index is -1.11. The first kappa shape index (κ1) is 12.5. The van der Waals surface area contributed by atoms with Gasteiger partial charge in [-0.25, -0.2) is 9.78 Å². The monoisotopic (exact) mass is 248 g/mol. The van der Waals surface area contributed by atoms with Gasteiger partial charge in [0.15, 0.2) is 0 Å². The molecule has 1 unspecified atom stereocenters. The molecule has 1 atom stereocenters. The zero-order valence-corrected chi connectivity index (χ0v) is 10.3. The molecule has 1 aliphatic rings. The molecule has 96 valence electrons. The average Bonchev–Trinajstić information content (AvgIpc) is 2.86. The van der Waals surface area contributed by atoms with Crippen LogP contribution in [0.2, 0.25) is 0 Å². The number of aromatic carboxylic acids is 1. The predicted octanol–water partition coefficient (Wildman–Crippen LogP) is 1.79. The molecule has 18 heavy (non-hydrogen) atoms. The summed E-state index contributed by atoms with van der Waals surface area (Å²) in [7, 11) is 0. The van der Waals surface area contributed by atoms with Crippen molar-refractivity contribution in [3.63, 3.8) is 0 Å². The lowest BCUT2D eigenvalue weighted by Crippen LogP contribution is -2.35. The minimum absolute atomic E-state index is 0.0897. The van der Waals surface area contributed by atoms with Gasteiger partial charge in [-0.3, -0.25) is 4.79 Å². The quantitative estimate of drug-likeness (QED) is 0.885. The molecule has 1 fully saturated rings. The molecule has 1 aromatic heterocycles. The Kier molecular flexibility index (Phi) is 3.60. The molecule has 0 spiro atoms. The third-order valence-corrected chi connectivity index (χ3v) is 3.30. The van der Waals surface area contributed by atoms with Crippen LogP contribution >= 0.6 is 0 Å². The summed E-state index contributed by atoms with van der Waals surface area (Å²) in [5.41, 5.74) is 0.128. The number of amides is 1. The summed E-state index contributed by atoms with van der Waals surface area (Å²) in [6.07, 6.45) is 2.94. The molecule has 0 aromatic carbocycles. The van der Waals surface area contributed by atoms with Crippen LogP contribution < -0.4 is 0 Å². The fourth-order valence-corrected chi connectivity index (χ4v) is 2.35. The van der Waals surface area contributed by atoms with E-state index in [9.17, 15) is 9.59 Å². The maximum Gasteiger partial charge on any atom is 0.354 e. The highest BCUT2D eigenvalue weighted by Gasteiger charge is 2.28. The second-order valence-corrected chi connectivity index (χ2v) is 4.42. The SMILES string of the molecule is CCC1CCCN1C(=O)c1cccc(C(=O)O)n1. The predicted molar refractivity (Wildman–Crippen MR) is 65.5 cm³/mol. The summed E-state index contributed by atoms with van der Waals surface area (Å²) in [6, 6.07) is 4.77. The number of rotatable bonds is 3. The molecular weight excluding hydrogens is 232 g/mol. The van der Waals surface area contributed by atoms with Gasteiger partial charge in [0.1, 0.15) is 11.4 Å². The molecule has 1 saturated heterocycles. The summed E-state index contributed by atoms with van der Waals surface area (Å²) in [5.74, 6) is -1.28. The molecule has 5 nitrogen and oxygen atoms in total. The van der Waals surface area contributed by atoms with Crippen molar-refractivity contribution in [2.75, 3.05) is 6.54 Å². The first-order valence-electron chi connectivity index (χ1n) is 6.14. The van der Waals surface area contributed by atoms with Gasteiger partial charge in [-0.05, 0) is 31.4 Å². The summed E-state index contributed by atoms with van der Waals surface area (Å²) in [5, 5.41) is 8.87. The van der Waals surface area contributed by atoms with Crippen molar-refractivity contribution in [1.82, 2.24) is 9.88 Å². The van der Waals surface area contributed by atoms with Crippen LogP contribution in [0.3, 0.4) is 0 Å². The van der Waals surface area contributed by atoms with Crippen LogP contribution in [0.15, 0.2) is 18.2 Å². The van der Waals surface area contributed by atoms with Crippen molar-refractivity contribution in [2.24, 2.45) is 0 Å². The van der Waals surface area contributed by atoms with Crippen LogP contribution in [0.5, 0.6) is 0 Å². The summed E-state index contributed by atoms with van der Waals surface area (Å²) in [6.45, 7) is 2.79. The number of pyridine rings is 1. The molecule has 0 radical (unpaired) electrons. The van der Waals surface area contributed by atoms with Crippen LogP contribution in [0.1, 0.15) is 47.2 Å². The number of likely N-dealkylation sites (tertiary alicyclic amines) is 1. The van der Waals surface area contributed by atoms with E-state index < -0.39 is 5.97 Å². The number of carboxylic acids is 1. The zero-order chi connectivity index (χ0) is 13.1. The van der Waals surface area contributed by atoms with Crippen LogP contribution in [-0.4, -0.2) is 39.5 Å². The maximum atomic E-state index is 12.3. The van der Waals surface area contributed by atoms with E-state index in [0.29, 0.717) is 0 Å². The Bertz CT molecular complexity index is 473. The van der Waals surface area contributed by atoms with Gasteiger partial charge in [-0.1, -0.05) is 13.0 Å².